The Bertz CT molecular complexity index is 1140. The molecule has 1 aromatic heterocycles. The Labute approximate surface area is 190 Å². The first-order valence-corrected chi connectivity index (χ1v) is 10.9. The van der Waals surface area contributed by atoms with Gasteiger partial charge in [-0.15, -0.1) is 0 Å². The summed E-state index contributed by atoms with van der Waals surface area (Å²) in [6, 6.07) is 13.0. The lowest BCUT2D eigenvalue weighted by molar-refractivity contribution is -0.117. The van der Waals surface area contributed by atoms with Gasteiger partial charge >= 0.3 is 0 Å². The number of carbonyl (C=O) groups is 2. The number of aromatic nitrogens is 1. The van der Waals surface area contributed by atoms with Gasteiger partial charge in [-0.25, -0.2) is 0 Å². The lowest BCUT2D eigenvalue weighted by Crippen LogP contribution is -2.50. The molecule has 32 heavy (non-hydrogen) atoms. The maximum absolute atomic E-state index is 12.9. The number of fused-ring (bicyclic) bond motifs is 2. The van der Waals surface area contributed by atoms with E-state index < -0.39 is 0 Å². The van der Waals surface area contributed by atoms with Crippen LogP contribution < -0.4 is 14.8 Å². The second-order valence-corrected chi connectivity index (χ2v) is 8.27. The van der Waals surface area contributed by atoms with Crippen molar-refractivity contribution < 1.29 is 19.1 Å². The number of rotatable bonds is 4. The molecule has 0 unspecified atom stereocenters. The van der Waals surface area contributed by atoms with Crippen molar-refractivity contribution in [3.8, 4) is 11.5 Å². The fraction of sp³-hybridized carbons (Fsp3) is 0.304. The van der Waals surface area contributed by atoms with Crippen molar-refractivity contribution in [2.75, 3.05) is 51.3 Å². The van der Waals surface area contributed by atoms with Crippen molar-refractivity contribution in [3.05, 3.63) is 53.2 Å². The summed E-state index contributed by atoms with van der Waals surface area (Å²) in [5.41, 5.74) is 2.03. The molecule has 0 radical (unpaired) electrons. The number of benzene rings is 2. The van der Waals surface area contributed by atoms with Crippen molar-refractivity contribution in [1.82, 2.24) is 14.8 Å². The van der Waals surface area contributed by atoms with Crippen molar-refractivity contribution in [1.29, 1.82) is 0 Å². The zero-order valence-corrected chi connectivity index (χ0v) is 18.2. The molecule has 2 aliphatic heterocycles. The second-order valence-electron chi connectivity index (χ2n) is 7.86. The van der Waals surface area contributed by atoms with Gasteiger partial charge in [0.1, 0.15) is 18.9 Å². The molecule has 2 amide bonds. The van der Waals surface area contributed by atoms with Crippen LogP contribution in [0.5, 0.6) is 11.5 Å². The molecule has 0 bridgehead atoms. The quantitative estimate of drug-likeness (QED) is 0.633. The highest BCUT2D eigenvalue weighted by atomic mass is 35.5. The zero-order chi connectivity index (χ0) is 22.1. The number of ether oxygens (including phenoxy) is 2. The molecule has 2 aromatic carbocycles. The van der Waals surface area contributed by atoms with Gasteiger partial charge in [0.05, 0.1) is 17.3 Å². The third-order valence-electron chi connectivity index (χ3n) is 5.69. The number of hydrogen-bond donors (Lipinski definition) is 2. The topological polar surface area (TPSA) is 86.9 Å². The maximum Gasteiger partial charge on any atom is 0.270 e. The normalized spacial score (nSPS) is 16.2. The Morgan fingerprint density at radius 1 is 1.00 bits per heavy atom. The molecule has 8 nitrogen and oxygen atoms in total. The lowest BCUT2D eigenvalue weighted by Gasteiger charge is -2.34. The van der Waals surface area contributed by atoms with E-state index in [0.717, 1.165) is 10.9 Å². The van der Waals surface area contributed by atoms with Gasteiger partial charge in [-0.3, -0.25) is 14.5 Å². The van der Waals surface area contributed by atoms with Crippen LogP contribution in [0.4, 0.5) is 5.69 Å². The second kappa shape index (κ2) is 8.72. The van der Waals surface area contributed by atoms with Gasteiger partial charge in [-0.1, -0.05) is 29.8 Å². The van der Waals surface area contributed by atoms with Crippen molar-refractivity contribution >= 4 is 40.0 Å². The van der Waals surface area contributed by atoms with Gasteiger partial charge in [-0.2, -0.15) is 0 Å². The number of para-hydroxylation sites is 1. The number of anilines is 1. The molecule has 2 aliphatic rings. The number of halogens is 1. The van der Waals surface area contributed by atoms with Crippen LogP contribution in [0, 0.1) is 0 Å². The van der Waals surface area contributed by atoms with Crippen molar-refractivity contribution in [2.45, 2.75) is 0 Å². The Morgan fingerprint density at radius 2 is 1.72 bits per heavy atom. The molecule has 5 rings (SSSR count). The Hall–Kier alpha value is -3.23. The van der Waals surface area contributed by atoms with Crippen LogP contribution >= 0.6 is 11.6 Å². The highest BCUT2D eigenvalue weighted by Crippen LogP contribution is 2.37. The molecule has 1 saturated heterocycles. The van der Waals surface area contributed by atoms with Crippen LogP contribution in [0.2, 0.25) is 5.02 Å². The predicted octanol–water partition coefficient (Wildman–Crippen LogP) is 2.99. The first kappa shape index (κ1) is 20.7. The van der Waals surface area contributed by atoms with Crippen LogP contribution in [0.15, 0.2) is 42.5 Å². The number of nitrogens with one attached hydrogen (secondary N) is 2. The average Bonchev–Trinajstić information content (AvgIpc) is 3.24. The van der Waals surface area contributed by atoms with E-state index in [9.17, 15) is 9.59 Å². The maximum atomic E-state index is 12.9. The van der Waals surface area contributed by atoms with E-state index in [2.05, 4.69) is 10.3 Å². The van der Waals surface area contributed by atoms with Gasteiger partial charge in [0, 0.05) is 49.2 Å². The predicted molar refractivity (Wildman–Crippen MR) is 122 cm³/mol. The zero-order valence-electron chi connectivity index (χ0n) is 17.4. The number of carbonyl (C=O) groups excluding carboxylic acids is 2. The van der Waals surface area contributed by atoms with Crippen LogP contribution in [0.1, 0.15) is 10.5 Å². The number of aromatic amines is 1. The summed E-state index contributed by atoms with van der Waals surface area (Å²) in [4.78, 5) is 32.5. The Balaban J connectivity index is 1.15. The minimum Gasteiger partial charge on any atom is -0.486 e. The molecule has 166 valence electrons. The highest BCUT2D eigenvalue weighted by Gasteiger charge is 2.25. The number of nitrogens with zero attached hydrogens (tertiary/aromatic N) is 2. The molecular weight excluding hydrogens is 432 g/mol. The molecule has 3 heterocycles. The summed E-state index contributed by atoms with van der Waals surface area (Å²) < 4.78 is 11.1. The fourth-order valence-corrected chi connectivity index (χ4v) is 4.22. The van der Waals surface area contributed by atoms with Gasteiger partial charge in [0.25, 0.3) is 5.91 Å². The van der Waals surface area contributed by atoms with E-state index in [0.29, 0.717) is 67.3 Å². The number of H-pyrrole nitrogens is 1. The van der Waals surface area contributed by atoms with E-state index >= 15 is 0 Å². The Kier molecular flexibility index (Phi) is 5.63. The summed E-state index contributed by atoms with van der Waals surface area (Å²) in [6.45, 7) is 3.52. The van der Waals surface area contributed by atoms with Gasteiger partial charge in [0.15, 0.2) is 11.5 Å². The summed E-state index contributed by atoms with van der Waals surface area (Å²) in [7, 11) is 0. The van der Waals surface area contributed by atoms with Crippen LogP contribution in [-0.4, -0.2) is 72.5 Å². The molecule has 3 aromatic rings. The standard InChI is InChI=1S/C23H23ClN4O4/c24-16-12-20-21(32-10-9-31-20)13-18(16)26-22(29)14-27-5-7-28(8-6-27)23(30)19-11-15-3-1-2-4-17(15)25-19/h1-4,11-13,25H,5-10,14H2,(H,26,29). The molecule has 0 saturated carbocycles. The van der Waals surface area contributed by atoms with Crippen LogP contribution in [0.3, 0.4) is 0 Å². The fourth-order valence-electron chi connectivity index (χ4n) is 4.02. The number of piperazine rings is 1. The molecular formula is C23H23ClN4O4. The highest BCUT2D eigenvalue weighted by molar-refractivity contribution is 6.34. The summed E-state index contributed by atoms with van der Waals surface area (Å²) in [5, 5.41) is 4.27. The molecule has 0 atom stereocenters. The molecule has 0 aliphatic carbocycles. The summed E-state index contributed by atoms with van der Waals surface area (Å²) in [5.74, 6) is 0.961. The van der Waals surface area contributed by atoms with Crippen LogP contribution in [-0.2, 0) is 4.79 Å². The van der Waals surface area contributed by atoms with Gasteiger partial charge in [0.2, 0.25) is 5.91 Å². The van der Waals surface area contributed by atoms with Gasteiger partial charge < -0.3 is 24.7 Å². The SMILES string of the molecule is O=C(CN1CCN(C(=O)c2cc3ccccc3[nH]2)CC1)Nc1cc2c(cc1Cl)OCCO2. The van der Waals surface area contributed by atoms with E-state index in [-0.39, 0.29) is 18.4 Å². The number of hydrogen-bond acceptors (Lipinski definition) is 5. The number of amides is 2. The largest absolute Gasteiger partial charge is 0.486 e. The summed E-state index contributed by atoms with van der Waals surface area (Å²) >= 11 is 6.28. The monoisotopic (exact) mass is 454 g/mol. The Morgan fingerprint density at radius 3 is 2.47 bits per heavy atom. The third-order valence-corrected chi connectivity index (χ3v) is 6.01. The van der Waals surface area contributed by atoms with E-state index in [1.165, 1.54) is 0 Å². The third kappa shape index (κ3) is 4.24. The molecule has 2 N–H and O–H groups in total. The molecule has 0 spiro atoms. The van der Waals surface area contributed by atoms with Crippen LogP contribution in [0.25, 0.3) is 10.9 Å². The molecule has 1 fully saturated rings. The average molecular weight is 455 g/mol. The lowest BCUT2D eigenvalue weighted by atomic mass is 10.2. The van der Waals surface area contributed by atoms with E-state index in [1.54, 1.807) is 12.1 Å². The van der Waals surface area contributed by atoms with Crippen molar-refractivity contribution in [2.24, 2.45) is 0 Å². The minimum absolute atomic E-state index is 0.0200. The molecule has 9 heteroatoms. The van der Waals surface area contributed by atoms with Gasteiger partial charge in [-0.05, 0) is 12.1 Å². The first-order valence-electron chi connectivity index (χ1n) is 10.6. The summed E-state index contributed by atoms with van der Waals surface area (Å²) in [6.07, 6.45) is 0. The van der Waals surface area contributed by atoms with E-state index in [4.69, 9.17) is 21.1 Å². The smallest absolute Gasteiger partial charge is 0.270 e. The minimum atomic E-state index is -0.168. The van der Waals surface area contributed by atoms with Crippen molar-refractivity contribution in [3.63, 3.8) is 0 Å². The van der Waals surface area contributed by atoms with E-state index in [1.807, 2.05) is 40.1 Å². The first-order chi connectivity index (χ1) is 15.6.